The Kier molecular flexibility index (Phi) is 10.0. The summed E-state index contributed by atoms with van der Waals surface area (Å²) < 4.78 is 48.2. The first-order valence-corrected chi connectivity index (χ1v) is 8.90. The number of benzene rings is 2. The van der Waals surface area contributed by atoms with Crippen molar-refractivity contribution in [3.63, 3.8) is 0 Å². The second-order valence-electron chi connectivity index (χ2n) is 6.09. The second-order valence-corrected chi connectivity index (χ2v) is 6.09. The molecule has 10 heteroatoms. The van der Waals surface area contributed by atoms with E-state index in [1.807, 2.05) is 6.92 Å². The molecule has 0 saturated heterocycles. The van der Waals surface area contributed by atoms with Gasteiger partial charge in [0.05, 0.1) is 26.3 Å². The molecule has 6 nitrogen and oxygen atoms in total. The predicted molar refractivity (Wildman–Crippen MR) is 120 cm³/mol. The minimum Gasteiger partial charge on any atom is -0.502 e. The van der Waals surface area contributed by atoms with Gasteiger partial charge >= 0.3 is 6.18 Å². The zero-order valence-corrected chi connectivity index (χ0v) is 19.2. The number of methoxy groups -OCH3 is 2. The van der Waals surface area contributed by atoms with E-state index in [1.54, 1.807) is 12.1 Å². The number of guanidine groups is 1. The fourth-order valence-electron chi connectivity index (χ4n) is 2.55. The van der Waals surface area contributed by atoms with Crippen molar-refractivity contribution in [3.8, 4) is 17.2 Å². The summed E-state index contributed by atoms with van der Waals surface area (Å²) in [5, 5.41) is 16.1. The number of ether oxygens (including phenoxy) is 2. The lowest BCUT2D eigenvalue weighted by atomic mass is 10.1. The quantitative estimate of drug-likeness (QED) is 0.278. The van der Waals surface area contributed by atoms with Gasteiger partial charge in [0.2, 0.25) is 5.75 Å². The molecule has 0 atom stereocenters. The van der Waals surface area contributed by atoms with Crippen LogP contribution in [0.5, 0.6) is 17.2 Å². The van der Waals surface area contributed by atoms with E-state index in [2.05, 4.69) is 15.6 Å². The van der Waals surface area contributed by atoms with E-state index in [0.717, 1.165) is 17.7 Å². The summed E-state index contributed by atoms with van der Waals surface area (Å²) in [5.74, 6) is 0.961. The Labute approximate surface area is 190 Å². The lowest BCUT2D eigenvalue weighted by molar-refractivity contribution is -0.137. The van der Waals surface area contributed by atoms with Crippen LogP contribution in [0.1, 0.15) is 23.6 Å². The monoisotopic (exact) mass is 539 g/mol. The lowest BCUT2D eigenvalue weighted by Gasteiger charge is -2.13. The van der Waals surface area contributed by atoms with Gasteiger partial charge in [-0.1, -0.05) is 12.1 Å². The van der Waals surface area contributed by atoms with E-state index < -0.39 is 11.7 Å². The van der Waals surface area contributed by atoms with Crippen LogP contribution in [0.2, 0.25) is 0 Å². The molecule has 0 saturated carbocycles. The van der Waals surface area contributed by atoms with Gasteiger partial charge in [0.1, 0.15) is 0 Å². The number of halogens is 4. The van der Waals surface area contributed by atoms with Crippen LogP contribution < -0.4 is 20.1 Å². The first-order valence-electron chi connectivity index (χ1n) is 8.90. The fourth-order valence-corrected chi connectivity index (χ4v) is 2.55. The summed E-state index contributed by atoms with van der Waals surface area (Å²) in [5.41, 5.74) is 0.761. The molecule has 0 unspecified atom stereocenters. The van der Waals surface area contributed by atoms with Crippen molar-refractivity contribution in [2.75, 3.05) is 20.8 Å². The van der Waals surface area contributed by atoms with E-state index in [0.29, 0.717) is 24.6 Å². The normalized spacial score (nSPS) is 11.5. The maximum absolute atomic E-state index is 12.7. The van der Waals surface area contributed by atoms with Crippen molar-refractivity contribution in [1.29, 1.82) is 0 Å². The average Bonchev–Trinajstić information content (AvgIpc) is 2.70. The molecular weight excluding hydrogens is 514 g/mol. The number of alkyl halides is 3. The number of phenolic OH excluding ortho intramolecular Hbond substituents is 1. The first kappa shape index (κ1) is 25.7. The molecule has 3 N–H and O–H groups in total. The lowest BCUT2D eigenvalue weighted by Crippen LogP contribution is -2.36. The van der Waals surface area contributed by atoms with Gasteiger partial charge in [-0.15, -0.1) is 24.0 Å². The largest absolute Gasteiger partial charge is 0.502 e. The van der Waals surface area contributed by atoms with Crippen LogP contribution in [0.4, 0.5) is 13.2 Å². The number of nitrogens with one attached hydrogen (secondary N) is 2. The van der Waals surface area contributed by atoms with Crippen LogP contribution in [0.25, 0.3) is 0 Å². The number of hydrogen-bond donors (Lipinski definition) is 3. The summed E-state index contributed by atoms with van der Waals surface area (Å²) in [4.78, 5) is 4.46. The van der Waals surface area contributed by atoms with Crippen molar-refractivity contribution in [3.05, 3.63) is 53.1 Å². The Balaban J connectivity index is 0.00000450. The summed E-state index contributed by atoms with van der Waals surface area (Å²) in [6.07, 6.45) is -4.35. The molecule has 166 valence electrons. The molecule has 2 aromatic rings. The summed E-state index contributed by atoms with van der Waals surface area (Å²) >= 11 is 0. The Morgan fingerprint density at radius 2 is 1.57 bits per heavy atom. The van der Waals surface area contributed by atoms with Crippen molar-refractivity contribution in [1.82, 2.24) is 10.6 Å². The minimum atomic E-state index is -4.35. The highest BCUT2D eigenvalue weighted by Crippen LogP contribution is 2.37. The van der Waals surface area contributed by atoms with Crippen molar-refractivity contribution < 1.29 is 27.8 Å². The summed E-state index contributed by atoms with van der Waals surface area (Å²) in [6, 6.07) is 8.26. The van der Waals surface area contributed by atoms with E-state index in [1.165, 1.54) is 26.4 Å². The van der Waals surface area contributed by atoms with Gasteiger partial charge in [-0.05, 0) is 42.3 Å². The Morgan fingerprint density at radius 3 is 2.03 bits per heavy atom. The third-order valence-electron chi connectivity index (χ3n) is 4.04. The molecule has 0 fully saturated rings. The first-order chi connectivity index (χ1) is 13.8. The van der Waals surface area contributed by atoms with Gasteiger partial charge < -0.3 is 25.2 Å². The highest BCUT2D eigenvalue weighted by molar-refractivity contribution is 14.0. The summed E-state index contributed by atoms with van der Waals surface area (Å²) in [7, 11) is 2.88. The molecule has 0 aliphatic heterocycles. The van der Waals surface area contributed by atoms with Gasteiger partial charge in [-0.3, -0.25) is 0 Å². The van der Waals surface area contributed by atoms with Crippen LogP contribution in [0, 0.1) is 0 Å². The van der Waals surface area contributed by atoms with Gasteiger partial charge in [-0.2, -0.15) is 13.2 Å². The number of aromatic hydroxyl groups is 1. The third-order valence-corrected chi connectivity index (χ3v) is 4.04. The molecule has 0 aromatic heterocycles. The number of aliphatic imine (C=N–C) groups is 1. The molecule has 0 aliphatic carbocycles. The van der Waals surface area contributed by atoms with E-state index >= 15 is 0 Å². The zero-order valence-electron chi connectivity index (χ0n) is 16.8. The molecule has 2 rings (SSSR count). The molecule has 0 bridgehead atoms. The number of hydrogen-bond acceptors (Lipinski definition) is 4. The maximum Gasteiger partial charge on any atom is 0.416 e. The SMILES string of the molecule is CCNC(=NCc1cc(OC)c(O)c(OC)c1)NCc1ccc(C(F)(F)F)cc1.I. The predicted octanol–water partition coefficient (Wildman–Crippen LogP) is 4.30. The number of phenols is 1. The van der Waals surface area contributed by atoms with Gasteiger partial charge in [0.25, 0.3) is 0 Å². The summed E-state index contributed by atoms with van der Waals surface area (Å²) in [6.45, 7) is 3.10. The smallest absolute Gasteiger partial charge is 0.416 e. The molecule has 0 radical (unpaired) electrons. The fraction of sp³-hybridized carbons (Fsp3) is 0.350. The van der Waals surface area contributed by atoms with Crippen molar-refractivity contribution >= 4 is 29.9 Å². The molecule has 0 heterocycles. The highest BCUT2D eigenvalue weighted by Gasteiger charge is 2.29. The Morgan fingerprint density at radius 1 is 1.00 bits per heavy atom. The second kappa shape index (κ2) is 11.7. The van der Waals surface area contributed by atoms with Gasteiger partial charge in [0.15, 0.2) is 17.5 Å². The van der Waals surface area contributed by atoms with Crippen molar-refractivity contribution in [2.24, 2.45) is 4.99 Å². The van der Waals surface area contributed by atoms with Crippen LogP contribution in [-0.2, 0) is 19.3 Å². The third kappa shape index (κ3) is 7.15. The van der Waals surface area contributed by atoms with Crippen molar-refractivity contribution in [2.45, 2.75) is 26.2 Å². The van der Waals surface area contributed by atoms with Crippen LogP contribution in [-0.4, -0.2) is 31.8 Å². The van der Waals surface area contributed by atoms with Crippen LogP contribution >= 0.6 is 24.0 Å². The molecule has 0 aliphatic rings. The number of nitrogens with zero attached hydrogens (tertiary/aromatic N) is 1. The Hall–Kier alpha value is -2.37. The standard InChI is InChI=1S/C20H24F3N3O3.HI/c1-4-24-19(25-11-13-5-7-15(8-6-13)20(21,22)23)26-12-14-9-16(28-2)18(27)17(10-14)29-3;/h5-10,27H,4,11-12H2,1-3H3,(H2,24,25,26);1H. The maximum atomic E-state index is 12.7. The average molecular weight is 539 g/mol. The van der Waals surface area contributed by atoms with Gasteiger partial charge in [0, 0.05) is 13.1 Å². The van der Waals surface area contributed by atoms with Crippen LogP contribution in [0.3, 0.4) is 0 Å². The van der Waals surface area contributed by atoms with Crippen LogP contribution in [0.15, 0.2) is 41.4 Å². The van der Waals surface area contributed by atoms with E-state index in [9.17, 15) is 18.3 Å². The molecular formula is C20H25F3IN3O3. The van der Waals surface area contributed by atoms with E-state index in [4.69, 9.17) is 9.47 Å². The highest BCUT2D eigenvalue weighted by atomic mass is 127. The van der Waals surface area contributed by atoms with Gasteiger partial charge in [-0.25, -0.2) is 4.99 Å². The Bertz CT molecular complexity index is 818. The number of rotatable bonds is 7. The zero-order chi connectivity index (χ0) is 21.4. The topological polar surface area (TPSA) is 75.1 Å². The molecule has 30 heavy (non-hydrogen) atoms. The minimum absolute atomic E-state index is 0. The molecule has 2 aromatic carbocycles. The molecule has 0 amide bonds. The molecule has 0 spiro atoms. The van der Waals surface area contributed by atoms with E-state index in [-0.39, 0.29) is 47.8 Å².